The average Bonchev–Trinajstić information content (AvgIpc) is 2.98. The number of primary amides is 1. The van der Waals surface area contributed by atoms with Gasteiger partial charge in [-0.2, -0.15) is 0 Å². The highest BCUT2D eigenvalue weighted by molar-refractivity contribution is 7.59. The molecule has 3 aromatic carbocycles. The first-order chi connectivity index (χ1) is 21.3. The highest BCUT2D eigenvalue weighted by atomic mass is 31.2. The van der Waals surface area contributed by atoms with Crippen LogP contribution in [0.1, 0.15) is 48.2 Å². The monoisotopic (exact) mass is 638 g/mol. The van der Waals surface area contributed by atoms with Gasteiger partial charge in [0, 0.05) is 12.0 Å². The van der Waals surface area contributed by atoms with Gasteiger partial charge in [0.1, 0.15) is 29.8 Å². The number of nitrogens with one attached hydrogen (secondary N) is 3. The molecule has 0 aliphatic heterocycles. The molecular formula is C33H40FN4O6P. The van der Waals surface area contributed by atoms with Crippen molar-refractivity contribution in [2.24, 2.45) is 11.7 Å². The summed E-state index contributed by atoms with van der Waals surface area (Å²) in [5.41, 5.74) is 7.09. The lowest BCUT2D eigenvalue weighted by Crippen LogP contribution is -2.54. The number of halogens is 1. The van der Waals surface area contributed by atoms with Crippen molar-refractivity contribution >= 4 is 31.0 Å². The largest absolute Gasteiger partial charge is 0.368 e. The van der Waals surface area contributed by atoms with E-state index < -0.39 is 60.8 Å². The molecular weight excluding hydrogens is 598 g/mol. The van der Waals surface area contributed by atoms with Crippen LogP contribution in [0.2, 0.25) is 0 Å². The van der Waals surface area contributed by atoms with Crippen molar-refractivity contribution in [3.8, 4) is 0 Å². The molecule has 0 spiro atoms. The fraction of sp³-hybridized carbons (Fsp3) is 0.333. The molecule has 0 aliphatic carbocycles. The number of aryl methyl sites for hydroxylation is 1. The molecule has 12 heteroatoms. The fourth-order valence-corrected chi connectivity index (χ4v) is 6.31. The number of benzene rings is 3. The molecule has 0 aliphatic rings. The minimum absolute atomic E-state index is 0.0533. The van der Waals surface area contributed by atoms with E-state index in [1.54, 1.807) is 30.3 Å². The van der Waals surface area contributed by atoms with Crippen molar-refractivity contribution < 1.29 is 33.0 Å². The standard InChI is InChI=1S/C33H40FN4O6P/c1-22(2)18-28(33(42)37-27(31(35)40)17-16-23-10-5-3-6-11-23)36-29(39)21-45(43,44)30(19-24-12-7-4-8-13-24)38-32(41)25-14-9-15-26(34)20-25/h3-15,20,22,27-28,30H,16-19,21H2,1-2H3,(H2,35,40)(H,36,39)(H,37,42)(H,38,41)(H,43,44)/t27-,28-,30?/m0/s1. The Hall–Kier alpha value is -4.34. The Balaban J connectivity index is 1.73. The topological polar surface area (TPSA) is 168 Å². The molecule has 45 heavy (non-hydrogen) atoms. The number of hydrogen-bond donors (Lipinski definition) is 5. The number of hydrogen-bond acceptors (Lipinski definition) is 5. The molecule has 2 unspecified atom stereocenters. The van der Waals surface area contributed by atoms with E-state index in [2.05, 4.69) is 16.0 Å². The Morgan fingerprint density at radius 3 is 2.04 bits per heavy atom. The summed E-state index contributed by atoms with van der Waals surface area (Å²) >= 11 is 0. The van der Waals surface area contributed by atoms with Gasteiger partial charge >= 0.3 is 0 Å². The number of rotatable bonds is 16. The molecule has 0 radical (unpaired) electrons. The van der Waals surface area contributed by atoms with Gasteiger partial charge in [-0.3, -0.25) is 23.7 Å². The summed E-state index contributed by atoms with van der Waals surface area (Å²) in [4.78, 5) is 62.6. The minimum atomic E-state index is -4.46. The highest BCUT2D eigenvalue weighted by Crippen LogP contribution is 2.46. The van der Waals surface area contributed by atoms with E-state index in [1.807, 2.05) is 44.2 Å². The van der Waals surface area contributed by atoms with Crippen molar-refractivity contribution in [2.45, 2.75) is 57.4 Å². The van der Waals surface area contributed by atoms with Crippen molar-refractivity contribution in [1.82, 2.24) is 16.0 Å². The van der Waals surface area contributed by atoms with E-state index >= 15 is 0 Å². The van der Waals surface area contributed by atoms with Gasteiger partial charge in [-0.25, -0.2) is 4.39 Å². The first kappa shape index (κ1) is 35.1. The van der Waals surface area contributed by atoms with Gasteiger partial charge in [-0.05, 0) is 54.5 Å². The third-order valence-electron chi connectivity index (χ3n) is 7.10. The summed E-state index contributed by atoms with van der Waals surface area (Å²) in [7, 11) is -4.46. The third-order valence-corrected chi connectivity index (χ3v) is 9.12. The van der Waals surface area contributed by atoms with Gasteiger partial charge < -0.3 is 26.6 Å². The summed E-state index contributed by atoms with van der Waals surface area (Å²) in [5, 5.41) is 7.65. The number of nitrogens with two attached hydrogens (primary N) is 1. The Labute approximate surface area is 262 Å². The van der Waals surface area contributed by atoms with Crippen LogP contribution in [0.3, 0.4) is 0 Å². The van der Waals surface area contributed by atoms with E-state index in [0.29, 0.717) is 12.0 Å². The number of carbonyl (C=O) groups is 4. The van der Waals surface area contributed by atoms with Crippen molar-refractivity contribution in [2.75, 3.05) is 6.16 Å². The first-order valence-corrected chi connectivity index (χ1v) is 16.6. The third kappa shape index (κ3) is 11.6. The molecule has 0 aromatic heterocycles. The maximum Gasteiger partial charge on any atom is 0.252 e. The lowest BCUT2D eigenvalue weighted by molar-refractivity contribution is -0.131. The Kier molecular flexibility index (Phi) is 13.0. The minimum Gasteiger partial charge on any atom is -0.368 e. The van der Waals surface area contributed by atoms with Gasteiger partial charge in [0.25, 0.3) is 5.91 Å². The second-order valence-electron chi connectivity index (χ2n) is 11.3. The zero-order valence-electron chi connectivity index (χ0n) is 25.3. The van der Waals surface area contributed by atoms with Crippen LogP contribution in [0.4, 0.5) is 4.39 Å². The predicted molar refractivity (Wildman–Crippen MR) is 170 cm³/mol. The lowest BCUT2D eigenvalue weighted by Gasteiger charge is -2.26. The van der Waals surface area contributed by atoms with Crippen LogP contribution in [0.5, 0.6) is 0 Å². The average molecular weight is 639 g/mol. The van der Waals surface area contributed by atoms with Crippen LogP contribution in [0.15, 0.2) is 84.9 Å². The van der Waals surface area contributed by atoms with Gasteiger partial charge in [-0.1, -0.05) is 80.6 Å². The molecule has 240 valence electrons. The van der Waals surface area contributed by atoms with Crippen LogP contribution in [0.25, 0.3) is 0 Å². The number of amides is 4. The summed E-state index contributed by atoms with van der Waals surface area (Å²) in [6, 6.07) is 20.7. The quantitative estimate of drug-likeness (QED) is 0.151. The zero-order valence-corrected chi connectivity index (χ0v) is 26.2. The number of carbonyl (C=O) groups excluding carboxylic acids is 4. The Bertz CT molecular complexity index is 1510. The molecule has 0 bridgehead atoms. The van der Waals surface area contributed by atoms with Crippen LogP contribution >= 0.6 is 7.37 Å². The summed E-state index contributed by atoms with van der Waals surface area (Å²) < 4.78 is 27.4. The second-order valence-corrected chi connectivity index (χ2v) is 13.8. The molecule has 4 atom stereocenters. The predicted octanol–water partition coefficient (Wildman–Crippen LogP) is 3.53. The Morgan fingerprint density at radius 2 is 1.47 bits per heavy atom. The van der Waals surface area contributed by atoms with Crippen molar-refractivity contribution in [3.63, 3.8) is 0 Å². The fourth-order valence-electron chi connectivity index (χ4n) is 4.77. The molecule has 0 saturated carbocycles. The van der Waals surface area contributed by atoms with E-state index in [9.17, 15) is 33.0 Å². The lowest BCUT2D eigenvalue weighted by atomic mass is 10.0. The van der Waals surface area contributed by atoms with Gasteiger partial charge in [0.2, 0.25) is 25.1 Å². The van der Waals surface area contributed by atoms with Crippen LogP contribution in [-0.2, 0) is 31.8 Å². The molecule has 3 rings (SSSR count). The molecule has 4 amide bonds. The summed E-state index contributed by atoms with van der Waals surface area (Å²) in [6.07, 6.45) is -0.0793. The molecule has 3 aromatic rings. The van der Waals surface area contributed by atoms with Gasteiger partial charge in [-0.15, -0.1) is 0 Å². The van der Waals surface area contributed by atoms with Crippen molar-refractivity contribution in [1.29, 1.82) is 0 Å². The first-order valence-electron chi connectivity index (χ1n) is 14.7. The SMILES string of the molecule is CC(C)C[C@H](NC(=O)CP(=O)(O)C(Cc1ccccc1)NC(=O)c1cccc(F)c1)C(=O)N[C@@H](CCc1ccccc1)C(N)=O. The van der Waals surface area contributed by atoms with Crippen LogP contribution in [0, 0.1) is 11.7 Å². The van der Waals surface area contributed by atoms with E-state index in [0.717, 1.165) is 17.7 Å². The maximum absolute atomic E-state index is 13.7. The Morgan fingerprint density at radius 1 is 0.844 bits per heavy atom. The summed E-state index contributed by atoms with van der Waals surface area (Å²) in [6.45, 7) is 3.67. The van der Waals surface area contributed by atoms with Crippen LogP contribution < -0.4 is 21.7 Å². The maximum atomic E-state index is 13.7. The van der Waals surface area contributed by atoms with Gasteiger partial charge in [0.15, 0.2) is 0 Å². The van der Waals surface area contributed by atoms with E-state index in [1.165, 1.54) is 12.1 Å². The van der Waals surface area contributed by atoms with Crippen molar-refractivity contribution in [3.05, 3.63) is 107 Å². The van der Waals surface area contributed by atoms with E-state index in [4.69, 9.17) is 5.73 Å². The zero-order chi connectivity index (χ0) is 33.0. The normalized spacial score (nSPS) is 14.4. The highest BCUT2D eigenvalue weighted by Gasteiger charge is 2.36. The second kappa shape index (κ2) is 16.7. The molecule has 0 fully saturated rings. The molecule has 0 heterocycles. The smallest absolute Gasteiger partial charge is 0.252 e. The van der Waals surface area contributed by atoms with E-state index in [-0.39, 0.29) is 30.7 Å². The molecule has 10 nitrogen and oxygen atoms in total. The summed E-state index contributed by atoms with van der Waals surface area (Å²) in [5.74, 6) is -5.16. The van der Waals surface area contributed by atoms with Crippen LogP contribution in [-0.4, -0.2) is 52.6 Å². The van der Waals surface area contributed by atoms with Gasteiger partial charge in [0.05, 0.1) is 0 Å². The molecule has 6 N–H and O–H groups in total. The molecule has 0 saturated heterocycles.